The fraction of sp³-hybridized carbons (Fsp3) is 0.900. The van der Waals surface area contributed by atoms with E-state index in [1.807, 2.05) is 0 Å². The van der Waals surface area contributed by atoms with Crippen LogP contribution in [0.25, 0.3) is 0 Å². The second kappa shape index (κ2) is 18.7. The third-order valence-electron chi connectivity index (χ3n) is 5.81. The van der Waals surface area contributed by atoms with E-state index in [0.717, 1.165) is 61.3 Å². The number of aliphatic hydroxyl groups is 3. The Hall–Kier alpha value is -1.26. The first-order valence-corrected chi connectivity index (χ1v) is 10.5. The molecule has 176 valence electrons. The largest absolute Gasteiger partial charge is 0.550 e. The first kappa shape index (κ1) is 32.4. The number of likely N-dealkylation sites (N-methyl/N-ethyl adjacent to an activating group) is 2. The highest BCUT2D eigenvalue weighted by atomic mass is 16.4. The number of aliphatic carboxylic acids is 2. The Morgan fingerprint density at radius 1 is 0.724 bits per heavy atom. The van der Waals surface area contributed by atoms with E-state index >= 15 is 0 Å². The Balaban J connectivity index is -0.000000350. The lowest BCUT2D eigenvalue weighted by atomic mass is 10.3. The van der Waals surface area contributed by atoms with E-state index in [0.29, 0.717) is 13.2 Å². The van der Waals surface area contributed by atoms with Crippen LogP contribution < -0.4 is 10.2 Å². The first-order valence-electron chi connectivity index (χ1n) is 10.5. The van der Waals surface area contributed by atoms with Crippen molar-refractivity contribution in [2.75, 3.05) is 65.6 Å². The molecule has 0 aromatic rings. The van der Waals surface area contributed by atoms with Gasteiger partial charge in [0.25, 0.3) is 0 Å². The number of hydrogen-bond acceptors (Lipinski definition) is 7. The highest BCUT2D eigenvalue weighted by molar-refractivity contribution is 5.76. The van der Waals surface area contributed by atoms with Gasteiger partial charge in [0, 0.05) is 12.4 Å². The predicted molar refractivity (Wildman–Crippen MR) is 108 cm³/mol. The van der Waals surface area contributed by atoms with Crippen molar-refractivity contribution in [1.82, 2.24) is 0 Å². The molecule has 0 saturated heterocycles. The third kappa shape index (κ3) is 15.3. The van der Waals surface area contributed by atoms with Gasteiger partial charge in [0.05, 0.1) is 64.6 Å². The minimum atomic E-state index is -1.96. The number of nitrogens with zero attached hydrogens (tertiary/aromatic N) is 2. The van der Waals surface area contributed by atoms with Crippen molar-refractivity contribution in [3.63, 3.8) is 0 Å². The number of carboxylic acid groups (broad SMARTS) is 2. The van der Waals surface area contributed by atoms with Gasteiger partial charge in [-0.2, -0.15) is 0 Å². The van der Waals surface area contributed by atoms with Crippen molar-refractivity contribution in [1.29, 1.82) is 0 Å². The molecule has 0 radical (unpaired) electrons. The number of carbonyl (C=O) groups is 2. The molecule has 0 aliphatic heterocycles. The lowest BCUT2D eigenvalue weighted by molar-refractivity contribution is -0.923. The Morgan fingerprint density at radius 3 is 1.07 bits per heavy atom. The fourth-order valence-corrected chi connectivity index (χ4v) is 2.96. The van der Waals surface area contributed by atoms with Crippen LogP contribution >= 0.6 is 0 Å². The van der Waals surface area contributed by atoms with Gasteiger partial charge in [-0.1, -0.05) is 0 Å². The maximum absolute atomic E-state index is 9.58. The second-order valence-corrected chi connectivity index (χ2v) is 6.89. The van der Waals surface area contributed by atoms with Gasteiger partial charge in [0.15, 0.2) is 0 Å². The standard InChI is InChI=1S/2C8H20NO.C4H6O5/c2*1-4-9(5-2,6-3)7-8-10;5-2(4(8)9)1-3(6)7/h2*10H,4-8H2,1-3H3;2,5H,1H2,(H,6,7)(H,8,9)/q2*+1;/p-2. The molecule has 0 aliphatic carbocycles. The molecule has 0 amide bonds. The number of quaternary nitrogens is 2. The minimum absolute atomic E-state index is 0.315. The molecule has 0 aromatic heterocycles. The maximum atomic E-state index is 9.58. The molecule has 0 rings (SSSR count). The molecule has 0 bridgehead atoms. The Bertz CT molecular complexity index is 373. The van der Waals surface area contributed by atoms with E-state index in [-0.39, 0.29) is 0 Å². The summed E-state index contributed by atoms with van der Waals surface area (Å²) in [5.41, 5.74) is 0. The normalized spacial score (nSPS) is 12.2. The van der Waals surface area contributed by atoms with Crippen LogP contribution in [0.5, 0.6) is 0 Å². The van der Waals surface area contributed by atoms with Crippen LogP contribution in [0, 0.1) is 0 Å². The van der Waals surface area contributed by atoms with Gasteiger partial charge in [-0.3, -0.25) is 0 Å². The highest BCUT2D eigenvalue weighted by Gasteiger charge is 2.19. The van der Waals surface area contributed by atoms with Gasteiger partial charge >= 0.3 is 0 Å². The van der Waals surface area contributed by atoms with Gasteiger partial charge < -0.3 is 44.1 Å². The number of rotatable bonds is 13. The van der Waals surface area contributed by atoms with Crippen LogP contribution in [0.15, 0.2) is 0 Å². The molecule has 9 heteroatoms. The van der Waals surface area contributed by atoms with Gasteiger partial charge in [0.1, 0.15) is 13.1 Å². The molecule has 0 aliphatic rings. The summed E-state index contributed by atoms with van der Waals surface area (Å²) >= 11 is 0. The molecule has 29 heavy (non-hydrogen) atoms. The van der Waals surface area contributed by atoms with E-state index in [1.54, 1.807) is 0 Å². The SMILES string of the molecule is CC[N+](CC)(CC)CCO.CC[N+](CC)(CC)CCO.O=C([O-])CC(O)C(=O)[O-]. The van der Waals surface area contributed by atoms with Crippen molar-refractivity contribution in [2.45, 2.75) is 54.1 Å². The van der Waals surface area contributed by atoms with E-state index in [4.69, 9.17) is 15.3 Å². The molecule has 3 N–H and O–H groups in total. The number of carboxylic acids is 2. The van der Waals surface area contributed by atoms with Crippen molar-refractivity contribution >= 4 is 11.9 Å². The van der Waals surface area contributed by atoms with Crippen LogP contribution in [-0.4, -0.2) is 108 Å². The monoisotopic (exact) mass is 424 g/mol. The van der Waals surface area contributed by atoms with Crippen molar-refractivity contribution in [3.8, 4) is 0 Å². The highest BCUT2D eigenvalue weighted by Crippen LogP contribution is 2.04. The van der Waals surface area contributed by atoms with Crippen LogP contribution in [-0.2, 0) is 9.59 Å². The van der Waals surface area contributed by atoms with Crippen LogP contribution in [0.3, 0.4) is 0 Å². The summed E-state index contributed by atoms with van der Waals surface area (Å²) in [6.45, 7) is 22.3. The Morgan fingerprint density at radius 2 is 1.00 bits per heavy atom. The van der Waals surface area contributed by atoms with Gasteiger partial charge in [-0.15, -0.1) is 0 Å². The average Bonchev–Trinajstić information content (AvgIpc) is 2.71. The third-order valence-corrected chi connectivity index (χ3v) is 5.81. The molecule has 0 aromatic carbocycles. The average molecular weight is 425 g/mol. The summed E-state index contributed by atoms with van der Waals surface area (Å²) in [4.78, 5) is 19.1. The maximum Gasteiger partial charge on any atom is 0.102 e. The second-order valence-electron chi connectivity index (χ2n) is 6.89. The number of carbonyl (C=O) groups excluding carboxylic acids is 2. The summed E-state index contributed by atoms with van der Waals surface area (Å²) in [6.07, 6.45) is -2.89. The zero-order chi connectivity index (χ0) is 23.5. The fourth-order valence-electron chi connectivity index (χ4n) is 2.96. The predicted octanol–water partition coefficient (Wildman–Crippen LogP) is -2.05. The molecular weight excluding hydrogens is 380 g/mol. The quantitative estimate of drug-likeness (QED) is 0.289. The molecule has 9 nitrogen and oxygen atoms in total. The topological polar surface area (TPSA) is 141 Å². The lowest BCUT2D eigenvalue weighted by Crippen LogP contribution is -2.49. The van der Waals surface area contributed by atoms with Crippen molar-refractivity contribution in [3.05, 3.63) is 0 Å². The lowest BCUT2D eigenvalue weighted by Gasteiger charge is -2.34. The number of aliphatic hydroxyl groups excluding tert-OH is 3. The summed E-state index contributed by atoms with van der Waals surface area (Å²) in [6, 6.07) is 0. The minimum Gasteiger partial charge on any atom is -0.550 e. The van der Waals surface area contributed by atoms with Crippen molar-refractivity contribution < 1.29 is 44.1 Å². The van der Waals surface area contributed by atoms with E-state index < -0.39 is 24.5 Å². The summed E-state index contributed by atoms with van der Waals surface area (Å²) in [5, 5.41) is 44.9. The zero-order valence-corrected chi connectivity index (χ0v) is 19.2. The van der Waals surface area contributed by atoms with Crippen LogP contribution in [0.2, 0.25) is 0 Å². The summed E-state index contributed by atoms with van der Waals surface area (Å²) in [7, 11) is 0. The molecule has 1 unspecified atom stereocenters. The molecular formula is C20H44N2O7. The van der Waals surface area contributed by atoms with Crippen LogP contribution in [0.1, 0.15) is 48.0 Å². The van der Waals surface area contributed by atoms with Crippen LogP contribution in [0.4, 0.5) is 0 Å². The smallest absolute Gasteiger partial charge is 0.102 e. The Kier molecular flexibility index (Phi) is 21.0. The van der Waals surface area contributed by atoms with Gasteiger partial charge in [0.2, 0.25) is 0 Å². The molecule has 0 saturated carbocycles. The summed E-state index contributed by atoms with van der Waals surface area (Å²) in [5.74, 6) is -3.43. The zero-order valence-electron chi connectivity index (χ0n) is 19.2. The summed E-state index contributed by atoms with van der Waals surface area (Å²) < 4.78 is 2.10. The molecule has 0 spiro atoms. The van der Waals surface area contributed by atoms with Crippen molar-refractivity contribution in [2.24, 2.45) is 0 Å². The van der Waals surface area contributed by atoms with E-state index in [9.17, 15) is 19.8 Å². The molecule has 1 atom stereocenters. The molecule has 0 heterocycles. The number of hydrogen-bond donors (Lipinski definition) is 3. The van der Waals surface area contributed by atoms with Gasteiger partial charge in [-0.05, 0) is 41.5 Å². The Labute approximate surface area is 176 Å². The van der Waals surface area contributed by atoms with E-state index in [2.05, 4.69) is 41.5 Å². The van der Waals surface area contributed by atoms with E-state index in [1.165, 1.54) is 0 Å². The molecule has 0 fully saturated rings. The van der Waals surface area contributed by atoms with Gasteiger partial charge in [-0.25, -0.2) is 0 Å². The first-order chi connectivity index (χ1) is 13.5.